The lowest BCUT2D eigenvalue weighted by atomic mass is 10.1. The number of aromatic nitrogens is 4. The van der Waals surface area contributed by atoms with E-state index in [-0.39, 0.29) is 0 Å². The van der Waals surface area contributed by atoms with Gasteiger partial charge in [-0.2, -0.15) is 10.1 Å². The van der Waals surface area contributed by atoms with Gasteiger partial charge in [-0.15, -0.1) is 0 Å². The zero-order valence-corrected chi connectivity index (χ0v) is 11.6. The largest absolute Gasteiger partial charge is 0.383 e. The van der Waals surface area contributed by atoms with Crippen molar-refractivity contribution in [3.63, 3.8) is 0 Å². The normalized spacial score (nSPS) is 10.8. The number of benzene rings is 1. The molecule has 3 aromatic rings. The molecule has 0 saturated heterocycles. The van der Waals surface area contributed by atoms with Crippen molar-refractivity contribution in [3.8, 4) is 22.8 Å². The van der Waals surface area contributed by atoms with E-state index in [1.807, 2.05) is 25.1 Å². The summed E-state index contributed by atoms with van der Waals surface area (Å²) in [6.07, 6.45) is 1.56. The second-order valence-corrected chi connectivity index (χ2v) is 5.00. The summed E-state index contributed by atoms with van der Waals surface area (Å²) in [7, 11) is 0. The average molecular weight is 320 g/mol. The maximum Gasteiger partial charge on any atom is 0.263 e. The van der Waals surface area contributed by atoms with E-state index < -0.39 is 0 Å². The number of anilines is 1. The molecule has 0 aliphatic heterocycles. The van der Waals surface area contributed by atoms with Gasteiger partial charge in [0, 0.05) is 10.0 Å². The first-order valence-electron chi connectivity index (χ1n) is 5.54. The van der Waals surface area contributed by atoms with Crippen LogP contribution in [-0.4, -0.2) is 20.3 Å². The zero-order chi connectivity index (χ0) is 13.4. The number of aromatic amines is 1. The average Bonchev–Trinajstić information content (AvgIpc) is 2.97. The topological polar surface area (TPSA) is 93.6 Å². The summed E-state index contributed by atoms with van der Waals surface area (Å²) in [4.78, 5) is 4.34. The van der Waals surface area contributed by atoms with Crippen LogP contribution in [-0.2, 0) is 0 Å². The number of hydrogen-bond acceptors (Lipinski definition) is 5. The van der Waals surface area contributed by atoms with E-state index in [9.17, 15) is 0 Å². The SMILES string of the molecule is Cc1cc(Br)ccc1-c1noc(-c2cn[nH]c2N)n1. The molecule has 0 aliphatic rings. The minimum Gasteiger partial charge on any atom is -0.383 e. The molecular weight excluding hydrogens is 310 g/mol. The van der Waals surface area contributed by atoms with Gasteiger partial charge in [0.15, 0.2) is 0 Å². The van der Waals surface area contributed by atoms with E-state index in [4.69, 9.17) is 10.3 Å². The predicted octanol–water partition coefficient (Wildman–Crippen LogP) is 2.78. The number of aryl methyl sites for hydroxylation is 1. The molecule has 7 heteroatoms. The molecule has 3 N–H and O–H groups in total. The van der Waals surface area contributed by atoms with Gasteiger partial charge in [-0.05, 0) is 30.7 Å². The lowest BCUT2D eigenvalue weighted by molar-refractivity contribution is 0.432. The highest BCUT2D eigenvalue weighted by Gasteiger charge is 2.15. The van der Waals surface area contributed by atoms with E-state index in [0.717, 1.165) is 15.6 Å². The number of nitrogens with zero attached hydrogens (tertiary/aromatic N) is 3. The first-order valence-corrected chi connectivity index (χ1v) is 6.34. The fourth-order valence-electron chi connectivity index (χ4n) is 1.79. The van der Waals surface area contributed by atoms with E-state index in [0.29, 0.717) is 23.1 Å². The zero-order valence-electron chi connectivity index (χ0n) is 10.0. The Kier molecular flexibility index (Phi) is 2.83. The molecule has 2 aromatic heterocycles. The molecule has 2 heterocycles. The first-order chi connectivity index (χ1) is 9.15. The maximum absolute atomic E-state index is 5.72. The summed E-state index contributed by atoms with van der Waals surface area (Å²) >= 11 is 3.42. The Morgan fingerprint density at radius 2 is 2.16 bits per heavy atom. The van der Waals surface area contributed by atoms with E-state index in [1.165, 1.54) is 0 Å². The van der Waals surface area contributed by atoms with Crippen LogP contribution in [0.5, 0.6) is 0 Å². The molecule has 0 aliphatic carbocycles. The number of hydrogen-bond donors (Lipinski definition) is 2. The smallest absolute Gasteiger partial charge is 0.263 e. The fraction of sp³-hybridized carbons (Fsp3) is 0.0833. The van der Waals surface area contributed by atoms with Crippen LogP contribution in [0.1, 0.15) is 5.56 Å². The van der Waals surface area contributed by atoms with Gasteiger partial charge in [-0.3, -0.25) is 5.10 Å². The Balaban J connectivity index is 2.04. The van der Waals surface area contributed by atoms with Gasteiger partial charge in [0.25, 0.3) is 5.89 Å². The highest BCUT2D eigenvalue weighted by Crippen LogP contribution is 2.27. The molecule has 0 spiro atoms. The summed E-state index contributed by atoms with van der Waals surface area (Å²) < 4.78 is 6.23. The Bertz CT molecular complexity index is 733. The summed E-state index contributed by atoms with van der Waals surface area (Å²) in [5, 5.41) is 10.4. The Labute approximate surface area is 117 Å². The molecule has 19 heavy (non-hydrogen) atoms. The Morgan fingerprint density at radius 1 is 1.32 bits per heavy atom. The summed E-state index contributed by atoms with van der Waals surface area (Å²) in [5.41, 5.74) is 8.30. The van der Waals surface area contributed by atoms with Crippen LogP contribution in [0.2, 0.25) is 0 Å². The second-order valence-electron chi connectivity index (χ2n) is 4.08. The van der Waals surface area contributed by atoms with Gasteiger partial charge in [0.1, 0.15) is 11.4 Å². The molecule has 0 atom stereocenters. The number of halogens is 1. The molecule has 0 unspecified atom stereocenters. The third-order valence-corrected chi connectivity index (χ3v) is 3.25. The number of rotatable bonds is 2. The van der Waals surface area contributed by atoms with Crippen LogP contribution >= 0.6 is 15.9 Å². The molecule has 1 aromatic carbocycles. The lowest BCUT2D eigenvalue weighted by Gasteiger charge is -2.00. The lowest BCUT2D eigenvalue weighted by Crippen LogP contribution is -1.88. The Hall–Kier alpha value is -2.15. The molecule has 0 amide bonds. The van der Waals surface area contributed by atoms with Crippen molar-refractivity contribution in [3.05, 3.63) is 34.4 Å². The van der Waals surface area contributed by atoms with E-state index >= 15 is 0 Å². The molecule has 0 radical (unpaired) electrons. The minimum absolute atomic E-state index is 0.351. The van der Waals surface area contributed by atoms with Crippen molar-refractivity contribution < 1.29 is 4.52 Å². The quantitative estimate of drug-likeness (QED) is 0.757. The monoisotopic (exact) mass is 319 g/mol. The van der Waals surface area contributed by atoms with Crippen molar-refractivity contribution >= 4 is 21.7 Å². The van der Waals surface area contributed by atoms with Crippen LogP contribution in [0.25, 0.3) is 22.8 Å². The molecule has 0 saturated carbocycles. The van der Waals surface area contributed by atoms with Gasteiger partial charge < -0.3 is 10.3 Å². The van der Waals surface area contributed by atoms with Crippen LogP contribution in [0.15, 0.2) is 33.4 Å². The minimum atomic E-state index is 0.351. The second kappa shape index (κ2) is 4.51. The first kappa shape index (κ1) is 11.9. The highest BCUT2D eigenvalue weighted by atomic mass is 79.9. The van der Waals surface area contributed by atoms with Crippen LogP contribution < -0.4 is 5.73 Å². The highest BCUT2D eigenvalue weighted by molar-refractivity contribution is 9.10. The maximum atomic E-state index is 5.72. The van der Waals surface area contributed by atoms with Crippen molar-refractivity contribution in [1.82, 2.24) is 20.3 Å². The molecule has 0 fully saturated rings. The molecule has 6 nitrogen and oxygen atoms in total. The van der Waals surface area contributed by atoms with Crippen molar-refractivity contribution in [1.29, 1.82) is 0 Å². The molecule has 96 valence electrons. The molecule has 3 rings (SSSR count). The molecule has 0 bridgehead atoms. The summed E-state index contributed by atoms with van der Waals surface area (Å²) in [5.74, 6) is 1.28. The third kappa shape index (κ3) is 2.12. The van der Waals surface area contributed by atoms with Gasteiger partial charge in [0.2, 0.25) is 5.82 Å². The molecular formula is C12H10BrN5O. The van der Waals surface area contributed by atoms with Crippen molar-refractivity contribution in [2.75, 3.05) is 5.73 Å². The Morgan fingerprint density at radius 3 is 2.84 bits per heavy atom. The van der Waals surface area contributed by atoms with Crippen molar-refractivity contribution in [2.24, 2.45) is 0 Å². The number of nitrogen functional groups attached to an aromatic ring is 1. The fourth-order valence-corrected chi connectivity index (χ4v) is 2.26. The van der Waals surface area contributed by atoms with Gasteiger partial charge in [-0.1, -0.05) is 21.1 Å². The van der Waals surface area contributed by atoms with Crippen molar-refractivity contribution in [2.45, 2.75) is 6.92 Å². The predicted molar refractivity (Wildman–Crippen MR) is 74.2 cm³/mol. The van der Waals surface area contributed by atoms with E-state index in [2.05, 4.69) is 36.3 Å². The number of nitrogens with two attached hydrogens (primary N) is 1. The van der Waals surface area contributed by atoms with Crippen LogP contribution in [0, 0.1) is 6.92 Å². The number of H-pyrrole nitrogens is 1. The number of nitrogens with one attached hydrogen (secondary N) is 1. The van der Waals surface area contributed by atoms with Gasteiger partial charge in [-0.25, -0.2) is 0 Å². The summed E-state index contributed by atoms with van der Waals surface area (Å²) in [6.45, 7) is 1.99. The van der Waals surface area contributed by atoms with Crippen LogP contribution in [0.3, 0.4) is 0 Å². The van der Waals surface area contributed by atoms with Crippen LogP contribution in [0.4, 0.5) is 5.82 Å². The van der Waals surface area contributed by atoms with Gasteiger partial charge in [0.05, 0.1) is 6.20 Å². The third-order valence-electron chi connectivity index (χ3n) is 2.75. The summed E-state index contributed by atoms with van der Waals surface area (Å²) in [6, 6.07) is 5.87. The standard InChI is InChI=1S/C12H10BrN5O/c1-6-4-7(13)2-3-8(6)11-16-12(19-18-11)9-5-15-17-10(9)14/h2-5H,1H3,(H3,14,15,17). The van der Waals surface area contributed by atoms with Gasteiger partial charge >= 0.3 is 0 Å². The van der Waals surface area contributed by atoms with E-state index in [1.54, 1.807) is 6.20 Å².